The summed E-state index contributed by atoms with van der Waals surface area (Å²) < 4.78 is 16.4. The number of ether oxygens (including phenoxy) is 3. The van der Waals surface area contributed by atoms with Crippen molar-refractivity contribution in [2.24, 2.45) is 5.92 Å². The molecule has 2 heterocycles. The Labute approximate surface area is 212 Å². The minimum absolute atomic E-state index is 0.0514. The number of rotatable bonds is 9. The van der Waals surface area contributed by atoms with Crippen molar-refractivity contribution in [1.29, 1.82) is 0 Å². The molecular weight excluding hydrogens is 456 g/mol. The van der Waals surface area contributed by atoms with Gasteiger partial charge in [-0.1, -0.05) is 48.5 Å². The second-order valence-corrected chi connectivity index (χ2v) is 9.73. The van der Waals surface area contributed by atoms with Crippen molar-refractivity contribution in [1.82, 2.24) is 4.90 Å². The van der Waals surface area contributed by atoms with E-state index in [0.717, 1.165) is 30.9 Å². The van der Waals surface area contributed by atoms with Crippen LogP contribution >= 0.6 is 0 Å². The fourth-order valence-electron chi connectivity index (χ4n) is 6.33. The van der Waals surface area contributed by atoms with Gasteiger partial charge in [0.05, 0.1) is 24.0 Å². The Morgan fingerprint density at radius 1 is 1.11 bits per heavy atom. The van der Waals surface area contributed by atoms with Gasteiger partial charge in [0.15, 0.2) is 12.1 Å². The van der Waals surface area contributed by atoms with E-state index >= 15 is 0 Å². The number of carbonyl (C=O) groups excluding carboxylic acids is 2. The summed E-state index contributed by atoms with van der Waals surface area (Å²) in [7, 11) is 1.38. The zero-order valence-electron chi connectivity index (χ0n) is 21.2. The third kappa shape index (κ3) is 4.15. The first-order chi connectivity index (χ1) is 17.5. The number of hydrogen-bond donors (Lipinski definition) is 1. The van der Waals surface area contributed by atoms with Gasteiger partial charge in [-0.05, 0) is 43.9 Å². The van der Waals surface area contributed by atoms with E-state index in [9.17, 15) is 9.59 Å². The van der Waals surface area contributed by atoms with Gasteiger partial charge in [-0.2, -0.15) is 0 Å². The monoisotopic (exact) mass is 490 g/mol. The minimum Gasteiger partial charge on any atom is -0.466 e. The van der Waals surface area contributed by atoms with E-state index in [1.807, 2.05) is 31.2 Å². The first-order valence-corrected chi connectivity index (χ1v) is 12.7. The molecule has 3 aliphatic rings. The van der Waals surface area contributed by atoms with E-state index in [4.69, 9.17) is 14.2 Å². The zero-order valence-corrected chi connectivity index (χ0v) is 21.2. The van der Waals surface area contributed by atoms with E-state index in [2.05, 4.69) is 40.5 Å². The van der Waals surface area contributed by atoms with Crippen LogP contribution in [-0.4, -0.2) is 55.9 Å². The highest BCUT2D eigenvalue weighted by Crippen LogP contribution is 2.58. The summed E-state index contributed by atoms with van der Waals surface area (Å²) in [6, 6.07) is 18.7. The maximum absolute atomic E-state index is 13.6. The van der Waals surface area contributed by atoms with Gasteiger partial charge >= 0.3 is 5.97 Å². The molecular formula is C29H34N2O5. The number of methoxy groups -OCH3 is 1. The number of benzene rings is 2. The van der Waals surface area contributed by atoms with Crippen LogP contribution in [0.4, 0.5) is 5.69 Å². The molecule has 0 radical (unpaired) electrons. The van der Waals surface area contributed by atoms with E-state index in [1.54, 1.807) is 6.92 Å². The van der Waals surface area contributed by atoms with E-state index in [0.29, 0.717) is 18.6 Å². The molecule has 1 fully saturated rings. The number of nitrogens with one attached hydrogen (secondary N) is 1. The third-order valence-corrected chi connectivity index (χ3v) is 7.88. The average molecular weight is 491 g/mol. The van der Waals surface area contributed by atoms with Crippen molar-refractivity contribution in [2.75, 3.05) is 32.2 Å². The smallest absolute Gasteiger partial charge is 0.336 e. The molecule has 0 amide bonds. The van der Waals surface area contributed by atoms with Crippen molar-refractivity contribution in [2.45, 2.75) is 51.0 Å². The molecule has 0 bridgehead atoms. The Morgan fingerprint density at radius 3 is 2.61 bits per heavy atom. The highest BCUT2D eigenvalue weighted by atomic mass is 16.7. The number of hydrogen-bond acceptors (Lipinski definition) is 7. The lowest BCUT2D eigenvalue weighted by molar-refractivity contribution is -0.152. The number of esters is 1. The Kier molecular flexibility index (Phi) is 6.97. The molecule has 1 unspecified atom stereocenters. The molecule has 1 spiro atoms. The number of fused-ring (bicyclic) bond motifs is 1. The molecule has 190 valence electrons. The molecule has 5 rings (SSSR count). The number of anilines is 1. The molecule has 4 atom stereocenters. The molecule has 1 saturated heterocycles. The van der Waals surface area contributed by atoms with Gasteiger partial charge < -0.3 is 19.5 Å². The fourth-order valence-corrected chi connectivity index (χ4v) is 6.33. The first kappa shape index (κ1) is 24.7. The van der Waals surface area contributed by atoms with Crippen LogP contribution in [0.1, 0.15) is 37.8 Å². The third-order valence-electron chi connectivity index (χ3n) is 7.88. The predicted octanol–water partition coefficient (Wildman–Crippen LogP) is 4.04. The van der Waals surface area contributed by atoms with Gasteiger partial charge in [-0.25, -0.2) is 4.79 Å². The summed E-state index contributed by atoms with van der Waals surface area (Å²) in [6.45, 7) is 5.69. The summed E-state index contributed by atoms with van der Waals surface area (Å²) in [4.78, 5) is 29.3. The van der Waals surface area contributed by atoms with Crippen molar-refractivity contribution in [3.8, 4) is 0 Å². The van der Waals surface area contributed by atoms with Gasteiger partial charge in [0.1, 0.15) is 6.61 Å². The molecule has 2 aliphatic heterocycles. The summed E-state index contributed by atoms with van der Waals surface area (Å²) in [6.07, 6.45) is 0.899. The van der Waals surface area contributed by atoms with E-state index in [1.165, 1.54) is 18.2 Å². The molecule has 2 aromatic rings. The van der Waals surface area contributed by atoms with Gasteiger partial charge in [0.2, 0.25) is 0 Å². The summed E-state index contributed by atoms with van der Waals surface area (Å²) in [5.41, 5.74) is 4.28. The average Bonchev–Trinajstić information content (AvgIpc) is 3.43. The predicted molar refractivity (Wildman–Crippen MR) is 136 cm³/mol. The quantitative estimate of drug-likeness (QED) is 0.420. The van der Waals surface area contributed by atoms with Crippen molar-refractivity contribution in [3.05, 3.63) is 77.0 Å². The fraction of sp³-hybridized carbons (Fsp3) is 0.448. The number of ketones is 1. The van der Waals surface area contributed by atoms with Crippen molar-refractivity contribution >= 4 is 17.4 Å². The number of Topliss-reactive ketones (excluding diaryl/α,β-unsaturated/α-hetero) is 1. The Balaban J connectivity index is 1.56. The van der Waals surface area contributed by atoms with Gasteiger partial charge in [-0.3, -0.25) is 9.69 Å². The molecule has 36 heavy (non-hydrogen) atoms. The Hall–Kier alpha value is -3.00. The van der Waals surface area contributed by atoms with Crippen molar-refractivity contribution in [3.63, 3.8) is 0 Å². The van der Waals surface area contributed by atoms with Crippen LogP contribution in [-0.2, 0) is 35.8 Å². The van der Waals surface area contributed by atoms with Crippen LogP contribution in [0.2, 0.25) is 0 Å². The highest BCUT2D eigenvalue weighted by molar-refractivity contribution is 6.01. The van der Waals surface area contributed by atoms with E-state index < -0.39 is 18.2 Å². The van der Waals surface area contributed by atoms with Crippen LogP contribution in [0.25, 0.3) is 0 Å². The second-order valence-electron chi connectivity index (χ2n) is 9.73. The highest BCUT2D eigenvalue weighted by Gasteiger charge is 2.60. The zero-order chi connectivity index (χ0) is 25.3. The van der Waals surface area contributed by atoms with Gasteiger partial charge in [-0.15, -0.1) is 0 Å². The molecule has 1 aliphatic carbocycles. The molecule has 7 nitrogen and oxygen atoms in total. The maximum Gasteiger partial charge on any atom is 0.336 e. The number of para-hydroxylation sites is 1. The lowest BCUT2D eigenvalue weighted by Gasteiger charge is -2.43. The number of likely N-dealkylation sites (tertiary alicyclic amines) is 1. The van der Waals surface area contributed by atoms with Crippen molar-refractivity contribution < 1.29 is 23.8 Å². The van der Waals surface area contributed by atoms with Crippen LogP contribution in [0.5, 0.6) is 0 Å². The maximum atomic E-state index is 13.6. The Morgan fingerprint density at radius 2 is 1.86 bits per heavy atom. The van der Waals surface area contributed by atoms with Crippen LogP contribution in [0.15, 0.2) is 65.9 Å². The topological polar surface area (TPSA) is 77.1 Å². The SMILES string of the molecule is CCOC(C)OCC(=O)[C@@H]1C[C@@H]2N(Cc3ccccc3)CC[C@]23C(=C1C(=O)OC)Nc1ccccc13. The van der Waals surface area contributed by atoms with Gasteiger partial charge in [0.25, 0.3) is 0 Å². The van der Waals surface area contributed by atoms with Gasteiger partial charge in [0, 0.05) is 37.1 Å². The first-order valence-electron chi connectivity index (χ1n) is 12.7. The Bertz CT molecular complexity index is 1160. The normalized spacial score (nSPS) is 25.5. The standard InChI is InChI=1S/C29H34N2O5/c1-4-35-19(2)36-18-24(32)21-16-25-29(14-15-31(25)17-20-10-6-5-7-11-20)22-12-8-9-13-23(22)30-27(29)26(21)28(33)34-3/h5-13,19,21,25,30H,4,14-18H2,1-3H3/t19?,21-,25-,29+/m0/s1. The van der Waals surface area contributed by atoms with Crippen LogP contribution in [0, 0.1) is 5.92 Å². The largest absolute Gasteiger partial charge is 0.466 e. The summed E-state index contributed by atoms with van der Waals surface area (Å²) in [5.74, 6) is -1.22. The second kappa shape index (κ2) is 10.2. The lowest BCUT2D eigenvalue weighted by Crippen LogP contribution is -2.50. The number of carbonyl (C=O) groups is 2. The molecule has 0 aromatic heterocycles. The molecule has 7 heteroatoms. The minimum atomic E-state index is -0.627. The number of nitrogens with zero attached hydrogens (tertiary/aromatic N) is 1. The summed E-state index contributed by atoms with van der Waals surface area (Å²) in [5, 5.41) is 3.55. The molecule has 0 saturated carbocycles. The molecule has 2 aromatic carbocycles. The van der Waals surface area contributed by atoms with Crippen LogP contribution in [0.3, 0.4) is 0 Å². The van der Waals surface area contributed by atoms with Crippen LogP contribution < -0.4 is 5.32 Å². The summed E-state index contributed by atoms with van der Waals surface area (Å²) >= 11 is 0. The van der Waals surface area contributed by atoms with E-state index in [-0.39, 0.29) is 23.8 Å². The molecule has 1 N–H and O–H groups in total. The lowest BCUT2D eigenvalue weighted by atomic mass is 9.63.